The van der Waals surface area contributed by atoms with E-state index in [-0.39, 0.29) is 23.6 Å². The van der Waals surface area contributed by atoms with Crippen LogP contribution in [0.1, 0.15) is 11.3 Å². The second-order valence-electron chi connectivity index (χ2n) is 4.35. The summed E-state index contributed by atoms with van der Waals surface area (Å²) in [7, 11) is 1.41. The quantitative estimate of drug-likeness (QED) is 0.404. The van der Waals surface area contributed by atoms with Crippen LogP contribution >= 0.6 is 0 Å². The summed E-state index contributed by atoms with van der Waals surface area (Å²) in [6, 6.07) is 4.52. The van der Waals surface area contributed by atoms with Crippen molar-refractivity contribution in [2.24, 2.45) is 5.10 Å². The van der Waals surface area contributed by atoms with E-state index in [2.05, 4.69) is 15.6 Å². The van der Waals surface area contributed by atoms with Crippen LogP contribution in [0.25, 0.3) is 0 Å². The second kappa shape index (κ2) is 7.02. The summed E-state index contributed by atoms with van der Waals surface area (Å²) in [5.41, 5.74) is 1.17. The number of ether oxygens (including phenoxy) is 1. The van der Waals surface area contributed by atoms with Crippen molar-refractivity contribution in [1.82, 2.24) is 20.6 Å². The Balaban J connectivity index is 1.98. The van der Waals surface area contributed by atoms with Gasteiger partial charge in [-0.2, -0.15) is 10.2 Å². The number of amides is 1. The van der Waals surface area contributed by atoms with Gasteiger partial charge in [-0.1, -0.05) is 0 Å². The highest BCUT2D eigenvalue weighted by Crippen LogP contribution is 2.25. The maximum absolute atomic E-state index is 11.6. The van der Waals surface area contributed by atoms with Crippen LogP contribution < -0.4 is 21.4 Å². The number of hydrogen-bond acceptors (Lipinski definition) is 7. The van der Waals surface area contributed by atoms with Crippen LogP contribution in [0.3, 0.4) is 0 Å². The second-order valence-corrected chi connectivity index (χ2v) is 4.35. The highest BCUT2D eigenvalue weighted by atomic mass is 16.5. The average molecular weight is 319 g/mol. The number of benzene rings is 1. The molecular formula is C13H13N5O5. The van der Waals surface area contributed by atoms with Crippen LogP contribution in [0, 0.1) is 0 Å². The molecular weight excluding hydrogens is 306 g/mol. The van der Waals surface area contributed by atoms with Gasteiger partial charge >= 0.3 is 5.69 Å². The molecule has 0 spiro atoms. The molecule has 2 aromatic rings. The molecule has 1 heterocycles. The number of carbonyl (C=O) groups is 1. The minimum absolute atomic E-state index is 0.0166. The van der Waals surface area contributed by atoms with E-state index in [9.17, 15) is 19.5 Å². The molecule has 10 nitrogen and oxygen atoms in total. The van der Waals surface area contributed by atoms with Crippen LogP contribution in [-0.4, -0.2) is 39.5 Å². The third kappa shape index (κ3) is 4.27. The molecule has 2 rings (SSSR count). The number of hydrogen-bond donors (Lipinski definition) is 4. The SMILES string of the molecule is COc1cc(/C=N\NC(=O)Cc2n[nH]c(=O)[nH]c2=O)ccc1O. The first-order valence-electron chi connectivity index (χ1n) is 6.36. The molecule has 0 bridgehead atoms. The van der Waals surface area contributed by atoms with Gasteiger partial charge < -0.3 is 9.84 Å². The van der Waals surface area contributed by atoms with Crippen molar-refractivity contribution < 1.29 is 14.6 Å². The number of H-pyrrole nitrogens is 2. The van der Waals surface area contributed by atoms with E-state index < -0.39 is 17.2 Å². The molecule has 0 unspecified atom stereocenters. The largest absolute Gasteiger partial charge is 0.504 e. The fourth-order valence-electron chi connectivity index (χ4n) is 1.64. The highest BCUT2D eigenvalue weighted by Gasteiger charge is 2.08. The predicted molar refractivity (Wildman–Crippen MR) is 79.6 cm³/mol. The molecule has 0 fully saturated rings. The molecule has 0 radical (unpaired) electrons. The van der Waals surface area contributed by atoms with Crippen LogP contribution in [0.15, 0.2) is 32.9 Å². The minimum atomic E-state index is -0.751. The van der Waals surface area contributed by atoms with E-state index in [4.69, 9.17) is 4.74 Å². The lowest BCUT2D eigenvalue weighted by Gasteiger charge is -2.03. The monoisotopic (exact) mass is 319 g/mol. The summed E-state index contributed by atoms with van der Waals surface area (Å²) in [4.78, 5) is 35.8. The molecule has 0 aliphatic carbocycles. The molecule has 0 atom stereocenters. The summed E-state index contributed by atoms with van der Waals surface area (Å²) in [6.45, 7) is 0. The summed E-state index contributed by atoms with van der Waals surface area (Å²) in [5.74, 6) is -0.335. The van der Waals surface area contributed by atoms with Gasteiger partial charge in [0.05, 0.1) is 19.7 Å². The third-order valence-corrected chi connectivity index (χ3v) is 2.72. The van der Waals surface area contributed by atoms with Gasteiger partial charge in [0.2, 0.25) is 5.91 Å². The van der Waals surface area contributed by atoms with Gasteiger partial charge in [-0.15, -0.1) is 0 Å². The molecule has 10 heteroatoms. The smallest absolute Gasteiger partial charge is 0.342 e. The Hall–Kier alpha value is -3.43. The van der Waals surface area contributed by atoms with Crippen molar-refractivity contribution in [3.05, 3.63) is 50.3 Å². The van der Waals surface area contributed by atoms with Crippen LogP contribution in [0.4, 0.5) is 0 Å². The Morgan fingerprint density at radius 2 is 2.26 bits per heavy atom. The van der Waals surface area contributed by atoms with Gasteiger partial charge in [-0.05, 0) is 23.8 Å². The minimum Gasteiger partial charge on any atom is -0.504 e. The highest BCUT2D eigenvalue weighted by molar-refractivity contribution is 5.83. The van der Waals surface area contributed by atoms with Crippen molar-refractivity contribution in [1.29, 1.82) is 0 Å². The number of methoxy groups -OCH3 is 1. The number of aromatic nitrogens is 3. The first-order valence-corrected chi connectivity index (χ1v) is 6.36. The van der Waals surface area contributed by atoms with Gasteiger partial charge in [0.15, 0.2) is 11.5 Å². The molecule has 0 aliphatic rings. The fraction of sp³-hybridized carbons (Fsp3) is 0.154. The number of aromatic hydroxyl groups is 1. The van der Waals surface area contributed by atoms with Gasteiger partial charge in [0.25, 0.3) is 5.56 Å². The molecule has 1 amide bonds. The lowest BCUT2D eigenvalue weighted by Crippen LogP contribution is -2.31. The average Bonchev–Trinajstić information content (AvgIpc) is 2.52. The first kappa shape index (κ1) is 15.9. The van der Waals surface area contributed by atoms with Crippen molar-refractivity contribution in [3.63, 3.8) is 0 Å². The van der Waals surface area contributed by atoms with Gasteiger partial charge in [-0.25, -0.2) is 15.3 Å². The summed E-state index contributed by atoms with van der Waals surface area (Å²) in [5, 5.41) is 18.7. The zero-order valence-electron chi connectivity index (χ0n) is 12.0. The molecule has 0 saturated heterocycles. The molecule has 0 saturated carbocycles. The van der Waals surface area contributed by atoms with E-state index in [1.165, 1.54) is 25.5 Å². The van der Waals surface area contributed by atoms with E-state index in [1.807, 2.05) is 10.1 Å². The van der Waals surface area contributed by atoms with Crippen molar-refractivity contribution in [2.45, 2.75) is 6.42 Å². The normalized spacial score (nSPS) is 10.7. The predicted octanol–water partition coefficient (Wildman–Crippen LogP) is -1.13. The van der Waals surface area contributed by atoms with Crippen LogP contribution in [-0.2, 0) is 11.2 Å². The van der Waals surface area contributed by atoms with E-state index in [0.717, 1.165) is 0 Å². The van der Waals surface area contributed by atoms with E-state index in [1.54, 1.807) is 6.07 Å². The molecule has 1 aromatic carbocycles. The molecule has 23 heavy (non-hydrogen) atoms. The van der Waals surface area contributed by atoms with E-state index >= 15 is 0 Å². The third-order valence-electron chi connectivity index (χ3n) is 2.72. The topological polar surface area (TPSA) is 150 Å². The molecule has 120 valence electrons. The number of phenols is 1. The summed E-state index contributed by atoms with van der Waals surface area (Å²) < 4.78 is 4.94. The maximum Gasteiger partial charge on any atom is 0.342 e. The number of nitrogens with one attached hydrogen (secondary N) is 3. The number of hydrazone groups is 1. The zero-order valence-corrected chi connectivity index (χ0v) is 12.0. The lowest BCUT2D eigenvalue weighted by atomic mass is 10.2. The zero-order chi connectivity index (χ0) is 16.8. The van der Waals surface area contributed by atoms with Crippen LogP contribution in [0.2, 0.25) is 0 Å². The van der Waals surface area contributed by atoms with Gasteiger partial charge in [0.1, 0.15) is 5.69 Å². The number of aromatic amines is 2. The van der Waals surface area contributed by atoms with Crippen LogP contribution in [0.5, 0.6) is 11.5 Å². The molecule has 0 aliphatic heterocycles. The number of phenolic OH excluding ortho intramolecular Hbond substituents is 1. The Morgan fingerprint density at radius 3 is 2.96 bits per heavy atom. The summed E-state index contributed by atoms with van der Waals surface area (Å²) in [6.07, 6.45) is 0.993. The Kier molecular flexibility index (Phi) is 4.87. The fourth-order valence-corrected chi connectivity index (χ4v) is 1.64. The Morgan fingerprint density at radius 1 is 1.48 bits per heavy atom. The van der Waals surface area contributed by atoms with E-state index in [0.29, 0.717) is 5.56 Å². The maximum atomic E-state index is 11.6. The van der Waals surface area contributed by atoms with Gasteiger partial charge in [0, 0.05) is 0 Å². The lowest BCUT2D eigenvalue weighted by molar-refractivity contribution is -0.120. The van der Waals surface area contributed by atoms with Crippen molar-refractivity contribution >= 4 is 12.1 Å². The van der Waals surface area contributed by atoms with Crippen molar-refractivity contribution in [3.8, 4) is 11.5 Å². The van der Waals surface area contributed by atoms with Crippen molar-refractivity contribution in [2.75, 3.05) is 7.11 Å². The number of nitrogens with zero attached hydrogens (tertiary/aromatic N) is 2. The van der Waals surface area contributed by atoms with Gasteiger partial charge in [-0.3, -0.25) is 14.6 Å². The molecule has 4 N–H and O–H groups in total. The standard InChI is InChI=1S/C13H13N5O5/c1-23-10-4-7(2-3-9(10)19)6-14-17-11(20)5-8-12(21)15-13(22)18-16-8/h2-4,6,19H,5H2,1H3,(H,17,20)(H2,15,18,21,22)/b14-6-. The number of carbonyl (C=O) groups excluding carboxylic acids is 1. The summed E-state index contributed by atoms with van der Waals surface area (Å²) >= 11 is 0. The first-order chi connectivity index (χ1) is 11.0. The number of rotatable bonds is 5. The molecule has 1 aromatic heterocycles. The Labute approximate surface area is 128 Å². The Bertz CT molecular complexity index is 854.